The second-order valence-corrected chi connectivity index (χ2v) is 3.70. The number of pyridine rings is 1. The van der Waals surface area contributed by atoms with E-state index in [1.165, 1.54) is 24.4 Å². The maximum absolute atomic E-state index is 11.1. The summed E-state index contributed by atoms with van der Waals surface area (Å²) in [6.07, 6.45) is 1.44. The number of nitro groups is 1. The molecule has 2 rings (SSSR count). The topological polar surface area (TPSA) is 111 Å². The number of carbonyl (C=O) groups excluding carboxylic acids is 1. The lowest BCUT2D eigenvalue weighted by molar-refractivity contribution is -0.384. The van der Waals surface area contributed by atoms with Crippen LogP contribution in [0.2, 0.25) is 0 Å². The van der Waals surface area contributed by atoms with Crippen molar-refractivity contribution in [3.63, 3.8) is 0 Å². The predicted molar refractivity (Wildman–Crippen MR) is 69.1 cm³/mol. The lowest BCUT2D eigenvalue weighted by Gasteiger charge is -2.06. The van der Waals surface area contributed by atoms with Crippen LogP contribution >= 0.6 is 0 Å². The number of anilines is 2. The molecule has 0 fully saturated rings. The Morgan fingerprint density at radius 2 is 2.11 bits per heavy atom. The molecule has 0 atom stereocenters. The van der Waals surface area contributed by atoms with E-state index in [1.54, 1.807) is 18.2 Å². The molecule has 0 aliphatic carbocycles. The van der Waals surface area contributed by atoms with Crippen molar-refractivity contribution in [2.75, 3.05) is 5.32 Å². The van der Waals surface area contributed by atoms with E-state index < -0.39 is 10.8 Å². The van der Waals surface area contributed by atoms with Crippen molar-refractivity contribution >= 4 is 23.1 Å². The summed E-state index contributed by atoms with van der Waals surface area (Å²) in [6, 6.07) is 9.15. The van der Waals surface area contributed by atoms with Crippen LogP contribution in [0.4, 0.5) is 17.2 Å². The molecule has 0 saturated heterocycles. The van der Waals surface area contributed by atoms with Gasteiger partial charge in [0.05, 0.1) is 4.92 Å². The van der Waals surface area contributed by atoms with E-state index in [-0.39, 0.29) is 11.5 Å². The minimum Gasteiger partial charge on any atom is -0.366 e. The zero-order chi connectivity index (χ0) is 13.8. The van der Waals surface area contributed by atoms with Gasteiger partial charge in [-0.05, 0) is 24.3 Å². The predicted octanol–water partition coefficient (Wildman–Crippen LogP) is 1.83. The third kappa shape index (κ3) is 2.83. The lowest BCUT2D eigenvalue weighted by Crippen LogP contribution is -2.11. The molecule has 2 aromatic rings. The fourth-order valence-electron chi connectivity index (χ4n) is 1.53. The molecule has 0 unspecified atom stereocenters. The largest absolute Gasteiger partial charge is 0.366 e. The number of benzene rings is 1. The van der Waals surface area contributed by atoms with Gasteiger partial charge in [0.2, 0.25) is 11.7 Å². The van der Waals surface area contributed by atoms with Crippen LogP contribution in [0.25, 0.3) is 0 Å². The molecule has 3 N–H and O–H groups in total. The van der Waals surface area contributed by atoms with Gasteiger partial charge in [-0.3, -0.25) is 14.9 Å². The van der Waals surface area contributed by atoms with Gasteiger partial charge >= 0.3 is 5.69 Å². The average Bonchev–Trinajstić information content (AvgIpc) is 2.39. The lowest BCUT2D eigenvalue weighted by atomic mass is 10.2. The highest BCUT2D eigenvalue weighted by Crippen LogP contribution is 2.24. The molecule has 1 amide bonds. The summed E-state index contributed by atoms with van der Waals surface area (Å²) in [5, 5.41) is 13.6. The van der Waals surface area contributed by atoms with Crippen molar-refractivity contribution in [1.29, 1.82) is 0 Å². The van der Waals surface area contributed by atoms with Crippen molar-refractivity contribution in [2.24, 2.45) is 5.73 Å². The Kier molecular flexibility index (Phi) is 3.37. The first-order valence-electron chi connectivity index (χ1n) is 5.34. The van der Waals surface area contributed by atoms with Gasteiger partial charge in [0.15, 0.2) is 0 Å². The number of hydrogen-bond acceptors (Lipinski definition) is 5. The van der Waals surface area contributed by atoms with Crippen molar-refractivity contribution in [2.45, 2.75) is 0 Å². The van der Waals surface area contributed by atoms with E-state index >= 15 is 0 Å². The first-order valence-corrected chi connectivity index (χ1v) is 5.34. The maximum Gasteiger partial charge on any atom is 0.311 e. The molecule has 0 aliphatic heterocycles. The summed E-state index contributed by atoms with van der Waals surface area (Å²) in [4.78, 5) is 25.3. The van der Waals surface area contributed by atoms with E-state index in [4.69, 9.17) is 5.73 Å². The normalized spacial score (nSPS) is 9.89. The van der Waals surface area contributed by atoms with E-state index in [9.17, 15) is 14.9 Å². The number of amides is 1. The maximum atomic E-state index is 11.1. The van der Waals surface area contributed by atoms with Crippen LogP contribution in [0, 0.1) is 10.1 Å². The molecule has 0 bridgehead atoms. The summed E-state index contributed by atoms with van der Waals surface area (Å²) in [5.41, 5.74) is 5.82. The summed E-state index contributed by atoms with van der Waals surface area (Å²) in [6.45, 7) is 0. The Bertz CT molecular complexity index is 642. The molecule has 1 aromatic carbocycles. The highest BCUT2D eigenvalue weighted by atomic mass is 16.6. The molecular formula is C12H10N4O3. The van der Waals surface area contributed by atoms with Crippen LogP contribution < -0.4 is 11.1 Å². The van der Waals surface area contributed by atoms with Crippen molar-refractivity contribution in [3.8, 4) is 0 Å². The summed E-state index contributed by atoms with van der Waals surface area (Å²) in [7, 11) is 0. The third-order valence-corrected chi connectivity index (χ3v) is 2.39. The number of nitrogens with one attached hydrogen (secondary N) is 1. The highest BCUT2D eigenvalue weighted by Gasteiger charge is 2.14. The Morgan fingerprint density at radius 1 is 1.32 bits per heavy atom. The van der Waals surface area contributed by atoms with Crippen LogP contribution in [0.1, 0.15) is 10.4 Å². The zero-order valence-electron chi connectivity index (χ0n) is 9.74. The van der Waals surface area contributed by atoms with Gasteiger partial charge in [0, 0.05) is 23.5 Å². The van der Waals surface area contributed by atoms with Crippen molar-refractivity contribution < 1.29 is 9.72 Å². The second-order valence-electron chi connectivity index (χ2n) is 3.70. The molecule has 1 heterocycles. The standard InChI is InChI=1S/C12H10N4O3/c13-11(17)8-3-1-4-9(7-8)15-12-10(16(18)19)5-2-6-14-12/h1-7H,(H2,13,17)(H,14,15). The van der Waals surface area contributed by atoms with E-state index in [0.717, 1.165) is 0 Å². The number of hydrogen-bond donors (Lipinski definition) is 2. The molecule has 1 aromatic heterocycles. The molecule has 0 radical (unpaired) electrons. The SMILES string of the molecule is NC(=O)c1cccc(Nc2ncccc2[N+](=O)[O-])c1. The molecule has 0 spiro atoms. The molecule has 7 heteroatoms. The Balaban J connectivity index is 2.34. The highest BCUT2D eigenvalue weighted by molar-refractivity contribution is 5.93. The van der Waals surface area contributed by atoms with Gasteiger partial charge in [0.25, 0.3) is 0 Å². The van der Waals surface area contributed by atoms with Crippen LogP contribution in [0.5, 0.6) is 0 Å². The van der Waals surface area contributed by atoms with Gasteiger partial charge in [-0.25, -0.2) is 4.98 Å². The van der Waals surface area contributed by atoms with Gasteiger partial charge in [0.1, 0.15) is 0 Å². The number of nitrogens with two attached hydrogens (primary N) is 1. The summed E-state index contributed by atoms with van der Waals surface area (Å²) in [5.74, 6) is -0.465. The summed E-state index contributed by atoms with van der Waals surface area (Å²) >= 11 is 0. The van der Waals surface area contributed by atoms with E-state index in [1.807, 2.05) is 0 Å². The first-order chi connectivity index (χ1) is 9.08. The minimum absolute atomic E-state index is 0.106. The van der Waals surface area contributed by atoms with Crippen LogP contribution in [-0.2, 0) is 0 Å². The molecule has 0 saturated carbocycles. The average molecular weight is 258 g/mol. The van der Waals surface area contributed by atoms with E-state index in [2.05, 4.69) is 10.3 Å². The number of carbonyl (C=O) groups is 1. The monoisotopic (exact) mass is 258 g/mol. The molecule has 7 nitrogen and oxygen atoms in total. The Hall–Kier alpha value is -2.96. The van der Waals surface area contributed by atoms with Gasteiger partial charge < -0.3 is 11.1 Å². The first kappa shape index (κ1) is 12.5. The van der Waals surface area contributed by atoms with Gasteiger partial charge in [-0.2, -0.15) is 0 Å². The number of nitrogens with zero attached hydrogens (tertiary/aromatic N) is 2. The Morgan fingerprint density at radius 3 is 2.79 bits per heavy atom. The van der Waals surface area contributed by atoms with Crippen LogP contribution in [0.3, 0.4) is 0 Å². The molecule has 19 heavy (non-hydrogen) atoms. The van der Waals surface area contributed by atoms with Crippen molar-refractivity contribution in [3.05, 3.63) is 58.3 Å². The summed E-state index contributed by atoms with van der Waals surface area (Å²) < 4.78 is 0. The molecule has 96 valence electrons. The smallest absolute Gasteiger partial charge is 0.311 e. The fraction of sp³-hybridized carbons (Fsp3) is 0. The van der Waals surface area contributed by atoms with Crippen LogP contribution in [-0.4, -0.2) is 15.8 Å². The number of aromatic nitrogens is 1. The molecule has 0 aliphatic rings. The minimum atomic E-state index is -0.570. The van der Waals surface area contributed by atoms with Gasteiger partial charge in [-0.1, -0.05) is 6.07 Å². The molecular weight excluding hydrogens is 248 g/mol. The third-order valence-electron chi connectivity index (χ3n) is 2.39. The number of primary amides is 1. The Labute approximate surface area is 108 Å². The van der Waals surface area contributed by atoms with Crippen LogP contribution in [0.15, 0.2) is 42.6 Å². The number of rotatable bonds is 4. The second kappa shape index (κ2) is 5.13. The quantitative estimate of drug-likeness (QED) is 0.641. The van der Waals surface area contributed by atoms with Gasteiger partial charge in [-0.15, -0.1) is 0 Å². The van der Waals surface area contributed by atoms with E-state index in [0.29, 0.717) is 11.3 Å². The zero-order valence-corrected chi connectivity index (χ0v) is 9.74. The van der Waals surface area contributed by atoms with Crippen molar-refractivity contribution in [1.82, 2.24) is 4.98 Å². The fourth-order valence-corrected chi connectivity index (χ4v) is 1.53.